The highest BCUT2D eigenvalue weighted by atomic mass is 16.5. The Hall–Kier alpha value is -5.91. The molecule has 0 radical (unpaired) electrons. The fourth-order valence-corrected chi connectivity index (χ4v) is 7.88. The summed E-state index contributed by atoms with van der Waals surface area (Å²) >= 11 is 0. The fourth-order valence-electron chi connectivity index (χ4n) is 7.88. The minimum absolute atomic E-state index is 0.0899. The van der Waals surface area contributed by atoms with E-state index >= 15 is 0 Å². The lowest BCUT2D eigenvalue weighted by Crippen LogP contribution is -2.57. The number of guanidine groups is 1. The Labute approximate surface area is 360 Å². The van der Waals surface area contributed by atoms with Crippen molar-refractivity contribution >= 4 is 40.4 Å². The van der Waals surface area contributed by atoms with E-state index in [2.05, 4.69) is 20.9 Å². The first-order valence-electron chi connectivity index (χ1n) is 22.1. The molecule has 61 heavy (non-hydrogen) atoms. The number of hydrogen-bond acceptors (Lipinski definition) is 7. The van der Waals surface area contributed by atoms with E-state index in [1.165, 1.54) is 0 Å². The number of aromatic hydroxyl groups is 1. The minimum Gasteiger partial charge on any atom is -0.508 e. The molecular weight excluding hydrogens is 769 g/mol. The summed E-state index contributed by atoms with van der Waals surface area (Å²) in [6.07, 6.45) is 12.1. The van der Waals surface area contributed by atoms with E-state index in [0.717, 1.165) is 91.7 Å². The van der Waals surface area contributed by atoms with E-state index in [0.29, 0.717) is 19.3 Å². The molecule has 1 heterocycles. The quantitative estimate of drug-likeness (QED) is 0.0448. The standard InChI is InChI=1S/C49H64N6O6/c50-49(51)52-29-16-22-42-46(58)55-44(34-37-23-26-38-19-13-14-20-39(38)32-37)48(60)61-30-15-8-6-4-2-1-3-5-7-12-21-40(31-36-24-27-41(56)28-25-36)45(57)54-43(47(59)53-42)33-35-17-10-9-11-18-35/h9-11,13-14,17-20,23-28,32,40,42-44,56H,1-8,12,15-16,21-22,29-31,33-34H2,(H,53,59)(H,54,57)(H,55,58)(H4,50,51,52). The molecule has 1 aliphatic rings. The van der Waals surface area contributed by atoms with E-state index in [4.69, 9.17) is 16.2 Å². The molecule has 0 aliphatic carbocycles. The molecular formula is C49H64N6O6. The van der Waals surface area contributed by atoms with Gasteiger partial charge in [0.1, 0.15) is 23.9 Å². The van der Waals surface area contributed by atoms with Gasteiger partial charge < -0.3 is 37.3 Å². The van der Waals surface area contributed by atoms with Gasteiger partial charge in [0.05, 0.1) is 6.61 Å². The summed E-state index contributed by atoms with van der Waals surface area (Å²) in [5.41, 5.74) is 13.8. The van der Waals surface area contributed by atoms with Gasteiger partial charge in [0, 0.05) is 25.3 Å². The van der Waals surface area contributed by atoms with Crippen molar-refractivity contribution in [2.24, 2.45) is 22.4 Å². The van der Waals surface area contributed by atoms with Crippen LogP contribution in [0.2, 0.25) is 0 Å². The molecule has 4 unspecified atom stereocenters. The number of amides is 3. The van der Waals surface area contributed by atoms with Gasteiger partial charge in [-0.25, -0.2) is 4.79 Å². The molecule has 0 spiro atoms. The third-order valence-electron chi connectivity index (χ3n) is 11.3. The summed E-state index contributed by atoms with van der Waals surface area (Å²) in [7, 11) is 0. The van der Waals surface area contributed by atoms with Crippen LogP contribution >= 0.6 is 0 Å². The van der Waals surface area contributed by atoms with Crippen molar-refractivity contribution in [1.29, 1.82) is 0 Å². The van der Waals surface area contributed by atoms with Gasteiger partial charge in [0.15, 0.2) is 5.96 Å². The topological polar surface area (TPSA) is 198 Å². The van der Waals surface area contributed by atoms with Gasteiger partial charge in [-0.1, -0.05) is 143 Å². The predicted molar refractivity (Wildman–Crippen MR) is 241 cm³/mol. The van der Waals surface area contributed by atoms with E-state index in [1.807, 2.05) is 84.9 Å². The van der Waals surface area contributed by atoms with Gasteiger partial charge in [0.25, 0.3) is 0 Å². The van der Waals surface area contributed by atoms with Crippen LogP contribution in [0.1, 0.15) is 100 Å². The summed E-state index contributed by atoms with van der Waals surface area (Å²) in [5, 5.41) is 20.9. The number of rotatable bonds is 10. The number of esters is 1. The Kier molecular flexibility index (Phi) is 18.9. The number of phenolic OH excluding ortho intramolecular Hbond substituents is 1. The van der Waals surface area contributed by atoms with Crippen LogP contribution < -0.4 is 27.4 Å². The second kappa shape index (κ2) is 25.0. The Morgan fingerprint density at radius 1 is 0.590 bits per heavy atom. The van der Waals surface area contributed by atoms with Gasteiger partial charge >= 0.3 is 5.97 Å². The number of phenols is 1. The first-order valence-corrected chi connectivity index (χ1v) is 22.1. The highest BCUT2D eigenvalue weighted by Crippen LogP contribution is 2.22. The zero-order chi connectivity index (χ0) is 43.2. The third kappa shape index (κ3) is 16.2. The number of nitrogens with one attached hydrogen (secondary N) is 3. The lowest BCUT2D eigenvalue weighted by molar-refractivity contribution is -0.148. The van der Waals surface area contributed by atoms with Crippen LogP contribution in [0.15, 0.2) is 102 Å². The lowest BCUT2D eigenvalue weighted by Gasteiger charge is -2.26. The molecule has 326 valence electrons. The maximum atomic E-state index is 14.4. The Bertz CT molecular complexity index is 2020. The first kappa shape index (κ1) is 46.2. The van der Waals surface area contributed by atoms with Crippen molar-refractivity contribution in [3.05, 3.63) is 114 Å². The van der Waals surface area contributed by atoms with Gasteiger partial charge in [-0.05, 0) is 71.7 Å². The molecule has 1 fully saturated rings. The lowest BCUT2D eigenvalue weighted by atomic mass is 9.91. The zero-order valence-corrected chi connectivity index (χ0v) is 35.4. The first-order chi connectivity index (χ1) is 29.6. The largest absolute Gasteiger partial charge is 0.508 e. The predicted octanol–water partition coefficient (Wildman–Crippen LogP) is 6.55. The Morgan fingerprint density at radius 3 is 1.85 bits per heavy atom. The van der Waals surface area contributed by atoms with Gasteiger partial charge in [-0.15, -0.1) is 0 Å². The van der Waals surface area contributed by atoms with E-state index in [1.54, 1.807) is 12.1 Å². The van der Waals surface area contributed by atoms with Crippen LogP contribution in [0.3, 0.4) is 0 Å². The highest BCUT2D eigenvalue weighted by Gasteiger charge is 2.32. The minimum atomic E-state index is -1.10. The average Bonchev–Trinajstić information content (AvgIpc) is 3.25. The maximum absolute atomic E-state index is 14.4. The molecule has 12 heteroatoms. The van der Waals surface area contributed by atoms with Crippen LogP contribution in [-0.4, -0.2) is 66.0 Å². The number of nitrogens with two attached hydrogens (primary N) is 2. The van der Waals surface area contributed by atoms with Crippen LogP contribution in [0.5, 0.6) is 5.75 Å². The molecule has 4 aromatic carbocycles. The number of cyclic esters (lactones) is 1. The summed E-state index contributed by atoms with van der Waals surface area (Å²) in [6, 6.07) is 27.0. The maximum Gasteiger partial charge on any atom is 0.328 e. The van der Waals surface area contributed by atoms with E-state index < -0.39 is 41.8 Å². The zero-order valence-electron chi connectivity index (χ0n) is 35.4. The highest BCUT2D eigenvalue weighted by molar-refractivity contribution is 5.94. The smallest absolute Gasteiger partial charge is 0.328 e. The van der Waals surface area contributed by atoms with E-state index in [9.17, 15) is 24.3 Å². The summed E-state index contributed by atoms with van der Waals surface area (Å²) in [6.45, 7) is 0.462. The molecule has 3 amide bonds. The molecule has 4 atom stereocenters. The number of benzene rings is 4. The number of nitrogens with zero attached hydrogens (tertiary/aromatic N) is 1. The van der Waals surface area contributed by atoms with Crippen LogP contribution in [-0.2, 0) is 43.2 Å². The summed E-state index contributed by atoms with van der Waals surface area (Å²) < 4.78 is 5.79. The molecule has 0 saturated carbocycles. The SMILES string of the molecule is NC(N)=NCCCC1NC(=O)C(Cc2ccccc2)NC(=O)C(Cc2ccc(O)cc2)CCCCCCCCCCCCOC(=O)C(Cc2ccc3ccccc3c2)NC1=O. The molecule has 1 aliphatic heterocycles. The second-order valence-electron chi connectivity index (χ2n) is 16.3. The van der Waals surface area contributed by atoms with Crippen molar-refractivity contribution in [2.45, 2.75) is 121 Å². The Balaban J connectivity index is 1.43. The normalized spacial score (nSPS) is 20.9. The number of carbonyl (C=O) groups excluding carboxylic acids is 4. The van der Waals surface area contributed by atoms with Gasteiger partial charge in [-0.2, -0.15) is 0 Å². The number of hydrogen-bond donors (Lipinski definition) is 6. The van der Waals surface area contributed by atoms with Crippen molar-refractivity contribution in [3.8, 4) is 5.75 Å². The summed E-state index contributed by atoms with van der Waals surface area (Å²) in [5.74, 6) is -2.28. The number of ether oxygens (including phenoxy) is 1. The van der Waals surface area contributed by atoms with Gasteiger partial charge in [0.2, 0.25) is 17.7 Å². The van der Waals surface area contributed by atoms with E-state index in [-0.39, 0.29) is 50.0 Å². The van der Waals surface area contributed by atoms with Crippen molar-refractivity contribution < 1.29 is 29.0 Å². The van der Waals surface area contributed by atoms with Gasteiger partial charge in [-0.3, -0.25) is 19.4 Å². The monoisotopic (exact) mass is 832 g/mol. The third-order valence-corrected chi connectivity index (χ3v) is 11.3. The molecule has 4 aromatic rings. The number of aliphatic imine (C=N–C) groups is 1. The van der Waals surface area contributed by atoms with Crippen LogP contribution in [0.4, 0.5) is 0 Å². The van der Waals surface area contributed by atoms with Crippen molar-refractivity contribution in [2.75, 3.05) is 13.2 Å². The van der Waals surface area contributed by atoms with Crippen LogP contribution in [0.25, 0.3) is 10.8 Å². The Morgan fingerprint density at radius 2 is 1.15 bits per heavy atom. The molecule has 0 bridgehead atoms. The van der Waals surface area contributed by atoms with Crippen molar-refractivity contribution in [3.63, 3.8) is 0 Å². The van der Waals surface area contributed by atoms with Crippen molar-refractivity contribution in [1.82, 2.24) is 16.0 Å². The number of fused-ring (bicyclic) bond motifs is 1. The molecule has 12 nitrogen and oxygen atoms in total. The summed E-state index contributed by atoms with van der Waals surface area (Å²) in [4.78, 5) is 60.9. The molecule has 5 rings (SSSR count). The molecule has 1 saturated heterocycles. The molecule has 8 N–H and O–H groups in total. The average molecular weight is 833 g/mol. The number of carbonyl (C=O) groups is 4. The van der Waals surface area contributed by atoms with Crippen LogP contribution in [0, 0.1) is 5.92 Å². The second-order valence-corrected chi connectivity index (χ2v) is 16.3. The molecule has 0 aromatic heterocycles. The fraction of sp³-hybridized carbons (Fsp3) is 0.449.